The van der Waals surface area contributed by atoms with Gasteiger partial charge in [-0.1, -0.05) is 0 Å². The van der Waals surface area contributed by atoms with Gasteiger partial charge in [0.15, 0.2) is 0 Å². The summed E-state index contributed by atoms with van der Waals surface area (Å²) in [4.78, 5) is 18.0. The number of aliphatic carboxylic acids is 1. The number of benzene rings is 1. The third-order valence-corrected chi connectivity index (χ3v) is 3.87. The van der Waals surface area contributed by atoms with Gasteiger partial charge < -0.3 is 9.67 Å². The number of carboxylic acid groups (broad SMARTS) is 1. The topological polar surface area (TPSA) is 58.4 Å². The lowest BCUT2D eigenvalue weighted by Gasteiger charge is -2.28. The minimum absolute atomic E-state index is 0.0981. The number of aromatic nitrogens is 2. The van der Waals surface area contributed by atoms with E-state index in [-0.39, 0.29) is 11.9 Å². The molecule has 0 aliphatic heterocycles. The van der Waals surface area contributed by atoms with Crippen LogP contribution in [-0.4, -0.2) is 39.6 Å². The first kappa shape index (κ1) is 15.4. The molecule has 114 valence electrons. The molecule has 2 aromatic rings. The van der Waals surface area contributed by atoms with E-state index >= 15 is 0 Å². The predicted molar refractivity (Wildman–Crippen MR) is 78.8 cm³/mol. The van der Waals surface area contributed by atoms with Crippen LogP contribution in [0.4, 0.5) is 4.39 Å². The molecule has 0 bridgehead atoms. The Kier molecular flexibility index (Phi) is 3.76. The predicted octanol–water partition coefficient (Wildman–Crippen LogP) is 2.62. The highest BCUT2D eigenvalue weighted by Gasteiger charge is 2.35. The lowest BCUT2D eigenvalue weighted by molar-refractivity contribution is -0.145. The fraction of sp³-hybridized carbons (Fsp3) is 0.467. The molecule has 0 spiro atoms. The number of hydrogen-bond acceptors (Lipinski definition) is 3. The quantitative estimate of drug-likeness (QED) is 0.941. The summed E-state index contributed by atoms with van der Waals surface area (Å²) in [5.41, 5.74) is -0.0906. The summed E-state index contributed by atoms with van der Waals surface area (Å²) in [5, 5.41) is 9.54. The molecule has 2 rings (SSSR count). The maximum atomic E-state index is 13.4. The molecular weight excluding hydrogens is 273 g/mol. The summed E-state index contributed by atoms with van der Waals surface area (Å²) in [5.74, 6) is -0.740. The van der Waals surface area contributed by atoms with Crippen molar-refractivity contribution < 1.29 is 14.3 Å². The molecule has 0 saturated heterocycles. The summed E-state index contributed by atoms with van der Waals surface area (Å²) in [6.07, 6.45) is 0. The van der Waals surface area contributed by atoms with Crippen molar-refractivity contribution in [1.82, 2.24) is 14.5 Å². The normalized spacial score (nSPS) is 13.9. The van der Waals surface area contributed by atoms with Gasteiger partial charge in [-0.25, -0.2) is 14.2 Å². The van der Waals surface area contributed by atoms with Crippen LogP contribution in [0.1, 0.15) is 32.6 Å². The lowest BCUT2D eigenvalue weighted by atomic mass is 10.0. The standard InChI is InChI=1S/C15H20FN3O2/c1-9(18(4)5)13-17-11-8-10(16)6-7-12(11)19(13)15(2,3)14(20)21/h6-9H,1-5H3,(H,20,21). The van der Waals surface area contributed by atoms with E-state index in [0.29, 0.717) is 16.9 Å². The molecule has 1 N–H and O–H groups in total. The van der Waals surface area contributed by atoms with Gasteiger partial charge in [-0.3, -0.25) is 4.90 Å². The molecule has 1 unspecified atom stereocenters. The SMILES string of the molecule is CC(c1nc2cc(F)ccc2n1C(C)(C)C(=O)O)N(C)C. The van der Waals surface area contributed by atoms with Gasteiger partial charge in [0.1, 0.15) is 17.2 Å². The van der Waals surface area contributed by atoms with Crippen LogP contribution < -0.4 is 0 Å². The molecule has 1 aromatic heterocycles. The first-order valence-electron chi connectivity index (χ1n) is 6.74. The highest BCUT2D eigenvalue weighted by molar-refractivity contribution is 5.82. The molecule has 6 heteroatoms. The molecule has 0 fully saturated rings. The van der Waals surface area contributed by atoms with Crippen molar-refractivity contribution in [2.45, 2.75) is 32.4 Å². The summed E-state index contributed by atoms with van der Waals surface area (Å²) in [6.45, 7) is 5.17. The van der Waals surface area contributed by atoms with Gasteiger partial charge >= 0.3 is 5.97 Å². The van der Waals surface area contributed by atoms with E-state index in [2.05, 4.69) is 4.98 Å². The van der Waals surface area contributed by atoms with E-state index in [0.717, 1.165) is 0 Å². The Morgan fingerprint density at radius 1 is 1.43 bits per heavy atom. The molecule has 5 nitrogen and oxygen atoms in total. The van der Waals surface area contributed by atoms with E-state index in [9.17, 15) is 14.3 Å². The minimum atomic E-state index is -1.17. The first-order valence-corrected chi connectivity index (χ1v) is 6.74. The third-order valence-electron chi connectivity index (χ3n) is 3.87. The van der Waals surface area contributed by atoms with Gasteiger partial charge in [0.2, 0.25) is 0 Å². The second kappa shape index (κ2) is 5.11. The van der Waals surface area contributed by atoms with Crippen LogP contribution in [-0.2, 0) is 10.3 Å². The van der Waals surface area contributed by atoms with E-state index in [1.54, 1.807) is 24.5 Å². The number of imidazole rings is 1. The Hall–Kier alpha value is -1.95. The largest absolute Gasteiger partial charge is 0.480 e. The molecule has 0 amide bonds. The van der Waals surface area contributed by atoms with Gasteiger partial charge in [-0.05, 0) is 47.0 Å². The Balaban J connectivity index is 2.81. The molecule has 0 aliphatic carbocycles. The minimum Gasteiger partial charge on any atom is -0.480 e. The monoisotopic (exact) mass is 293 g/mol. The third kappa shape index (κ3) is 2.51. The highest BCUT2D eigenvalue weighted by Crippen LogP contribution is 2.30. The number of nitrogens with zero attached hydrogens (tertiary/aromatic N) is 3. The number of carboxylic acids is 1. The summed E-state index contributed by atoms with van der Waals surface area (Å²) >= 11 is 0. The maximum Gasteiger partial charge on any atom is 0.329 e. The van der Waals surface area contributed by atoms with Crippen LogP contribution in [0, 0.1) is 5.82 Å². The first-order chi connectivity index (χ1) is 9.66. The van der Waals surface area contributed by atoms with Gasteiger partial charge in [0.05, 0.1) is 17.1 Å². The molecule has 0 radical (unpaired) electrons. The van der Waals surface area contributed by atoms with Crippen molar-refractivity contribution in [3.63, 3.8) is 0 Å². The smallest absolute Gasteiger partial charge is 0.329 e. The van der Waals surface area contributed by atoms with E-state index in [1.807, 2.05) is 25.9 Å². The van der Waals surface area contributed by atoms with Gasteiger partial charge in [-0.2, -0.15) is 0 Å². The van der Waals surface area contributed by atoms with E-state index < -0.39 is 11.5 Å². The van der Waals surface area contributed by atoms with Crippen molar-refractivity contribution in [3.05, 3.63) is 29.8 Å². The second-order valence-electron chi connectivity index (χ2n) is 5.94. The number of hydrogen-bond donors (Lipinski definition) is 1. The van der Waals surface area contributed by atoms with Gasteiger partial charge in [0, 0.05) is 6.07 Å². The Morgan fingerprint density at radius 3 is 2.57 bits per heavy atom. The fourth-order valence-electron chi connectivity index (χ4n) is 2.27. The molecule has 1 atom stereocenters. The van der Waals surface area contributed by atoms with Crippen LogP contribution in [0.15, 0.2) is 18.2 Å². The van der Waals surface area contributed by atoms with Crippen molar-refractivity contribution in [1.29, 1.82) is 0 Å². The Morgan fingerprint density at radius 2 is 2.05 bits per heavy atom. The number of carbonyl (C=O) groups is 1. The maximum absolute atomic E-state index is 13.4. The summed E-state index contributed by atoms with van der Waals surface area (Å²) in [7, 11) is 3.78. The van der Waals surface area contributed by atoms with Gasteiger partial charge in [-0.15, -0.1) is 0 Å². The molecule has 1 aromatic carbocycles. The lowest BCUT2D eigenvalue weighted by Crippen LogP contribution is -2.38. The Bertz CT molecular complexity index is 692. The van der Waals surface area contributed by atoms with Gasteiger partial charge in [0.25, 0.3) is 0 Å². The van der Waals surface area contributed by atoms with Crippen molar-refractivity contribution >= 4 is 17.0 Å². The molecule has 21 heavy (non-hydrogen) atoms. The zero-order valence-electron chi connectivity index (χ0n) is 12.9. The van der Waals surface area contributed by atoms with E-state index in [1.165, 1.54) is 12.1 Å². The number of fused-ring (bicyclic) bond motifs is 1. The van der Waals surface area contributed by atoms with Crippen LogP contribution >= 0.6 is 0 Å². The molecule has 0 aliphatic rings. The van der Waals surface area contributed by atoms with Crippen molar-refractivity contribution in [2.75, 3.05) is 14.1 Å². The molecule has 0 saturated carbocycles. The van der Waals surface area contributed by atoms with Crippen LogP contribution in [0.5, 0.6) is 0 Å². The zero-order valence-corrected chi connectivity index (χ0v) is 12.9. The average Bonchev–Trinajstić information content (AvgIpc) is 2.76. The van der Waals surface area contributed by atoms with Crippen LogP contribution in [0.2, 0.25) is 0 Å². The second-order valence-corrected chi connectivity index (χ2v) is 5.94. The Labute approximate surface area is 123 Å². The average molecular weight is 293 g/mol. The van der Waals surface area contributed by atoms with Crippen molar-refractivity contribution in [2.24, 2.45) is 0 Å². The summed E-state index contributed by atoms with van der Waals surface area (Å²) < 4.78 is 15.1. The fourth-order valence-corrected chi connectivity index (χ4v) is 2.27. The van der Waals surface area contributed by atoms with Crippen molar-refractivity contribution in [3.8, 4) is 0 Å². The molecular formula is C15H20FN3O2. The number of rotatable bonds is 4. The zero-order chi connectivity index (χ0) is 15.9. The molecule has 1 heterocycles. The van der Waals surface area contributed by atoms with Crippen LogP contribution in [0.25, 0.3) is 11.0 Å². The van der Waals surface area contributed by atoms with Crippen LogP contribution in [0.3, 0.4) is 0 Å². The number of halogens is 1. The highest BCUT2D eigenvalue weighted by atomic mass is 19.1. The summed E-state index contributed by atoms with van der Waals surface area (Å²) in [6, 6.07) is 4.13. The van der Waals surface area contributed by atoms with E-state index in [4.69, 9.17) is 0 Å².